The molecule has 3 unspecified atom stereocenters. The Kier molecular flexibility index (Phi) is 5.23. The number of hydrogen-bond acceptors (Lipinski definition) is 8. The Morgan fingerprint density at radius 2 is 1.70 bits per heavy atom. The van der Waals surface area contributed by atoms with Crippen molar-refractivity contribution in [3.8, 4) is 0 Å². The fourth-order valence-electron chi connectivity index (χ4n) is 3.05. The molecule has 0 aromatic carbocycles. The summed E-state index contributed by atoms with van der Waals surface area (Å²) < 4.78 is 21.4. The quantitative estimate of drug-likeness (QED) is 0.551. The molecule has 1 saturated carbocycles. The van der Waals surface area contributed by atoms with Gasteiger partial charge in [-0.3, -0.25) is 14.4 Å². The molecule has 0 bridgehead atoms. The number of hydrogen-bond donors (Lipinski definition) is 0. The highest BCUT2D eigenvalue weighted by Crippen LogP contribution is 2.36. The molecule has 1 heterocycles. The second-order valence-corrected chi connectivity index (χ2v) is 5.74. The van der Waals surface area contributed by atoms with Crippen molar-refractivity contribution in [2.24, 2.45) is 10.9 Å². The maximum atomic E-state index is 11.4. The monoisotopic (exact) mass is 327 g/mol. The normalized spacial score (nSPS) is 32.2. The average molecular weight is 327 g/mol. The molecule has 0 N–H and O–H groups in total. The van der Waals surface area contributed by atoms with Gasteiger partial charge in [-0.15, -0.1) is 0 Å². The predicted octanol–water partition coefficient (Wildman–Crippen LogP) is 0.619. The van der Waals surface area contributed by atoms with Crippen LogP contribution in [0.4, 0.5) is 0 Å². The summed E-state index contributed by atoms with van der Waals surface area (Å²) in [6.07, 6.45) is -1.33. The smallest absolute Gasteiger partial charge is 0.303 e. The first-order chi connectivity index (χ1) is 10.8. The number of carbonyl (C=O) groups is 3. The van der Waals surface area contributed by atoms with Crippen molar-refractivity contribution in [3.05, 3.63) is 0 Å². The van der Waals surface area contributed by atoms with Crippen LogP contribution in [-0.2, 0) is 33.3 Å². The lowest BCUT2D eigenvalue weighted by Crippen LogP contribution is -2.56. The second kappa shape index (κ2) is 6.97. The van der Waals surface area contributed by atoms with Gasteiger partial charge in [0.15, 0.2) is 12.0 Å². The minimum atomic E-state index is -0.770. The molecule has 0 spiro atoms. The topological polar surface area (TPSA) is 100 Å². The number of fused-ring (bicyclic) bond motifs is 1. The molecule has 8 nitrogen and oxygen atoms in total. The fourth-order valence-corrected chi connectivity index (χ4v) is 3.05. The molecular weight excluding hydrogens is 306 g/mol. The summed E-state index contributed by atoms with van der Waals surface area (Å²) in [5, 5.41) is 0. The number of aliphatic imine (C=N–C) groups is 1. The van der Waals surface area contributed by atoms with Gasteiger partial charge in [0.1, 0.15) is 18.2 Å². The molecule has 0 aromatic heterocycles. The van der Waals surface area contributed by atoms with Crippen LogP contribution in [0.1, 0.15) is 34.1 Å². The summed E-state index contributed by atoms with van der Waals surface area (Å²) in [6, 6.07) is -0.433. The van der Waals surface area contributed by atoms with E-state index in [0.717, 1.165) is 0 Å². The Hall–Kier alpha value is -2.12. The van der Waals surface area contributed by atoms with Gasteiger partial charge in [-0.1, -0.05) is 0 Å². The maximum Gasteiger partial charge on any atom is 0.303 e. The lowest BCUT2D eigenvalue weighted by molar-refractivity contribution is -0.184. The van der Waals surface area contributed by atoms with E-state index in [0.29, 0.717) is 12.3 Å². The summed E-state index contributed by atoms with van der Waals surface area (Å²) >= 11 is 0. The molecule has 0 saturated heterocycles. The molecular formula is C15H21NO7. The van der Waals surface area contributed by atoms with Crippen LogP contribution >= 0.6 is 0 Å². The number of nitrogens with zero attached hydrogens (tertiary/aromatic N) is 1. The molecule has 8 heteroatoms. The molecule has 0 aromatic rings. The maximum absolute atomic E-state index is 11.4. The van der Waals surface area contributed by atoms with E-state index < -0.39 is 36.2 Å². The van der Waals surface area contributed by atoms with Crippen molar-refractivity contribution in [2.45, 2.75) is 58.5 Å². The van der Waals surface area contributed by atoms with E-state index in [-0.39, 0.29) is 18.6 Å². The molecule has 0 radical (unpaired) electrons. The van der Waals surface area contributed by atoms with E-state index in [4.69, 9.17) is 18.9 Å². The third kappa shape index (κ3) is 4.20. The standard InChI is InChI=1S/C15H21NO7/c1-7-16-13-12(21-7)5-11(6-20-8(2)17)14(22-9(3)18)15(13)23-10(4)19/h11-15H,5-6H2,1-4H3/t11?,12-,13?,14+,15?/m1/s1. The minimum Gasteiger partial charge on any atom is -0.476 e. The Morgan fingerprint density at radius 3 is 2.26 bits per heavy atom. The number of ether oxygens (including phenoxy) is 4. The van der Waals surface area contributed by atoms with Crippen LogP contribution in [0.15, 0.2) is 4.99 Å². The molecule has 2 rings (SSSR count). The third-order valence-electron chi connectivity index (χ3n) is 3.80. The van der Waals surface area contributed by atoms with Crippen LogP contribution in [0.5, 0.6) is 0 Å². The number of rotatable bonds is 4. The Labute approximate surface area is 134 Å². The van der Waals surface area contributed by atoms with Gasteiger partial charge >= 0.3 is 17.9 Å². The van der Waals surface area contributed by atoms with Gasteiger partial charge in [0.05, 0.1) is 6.61 Å². The van der Waals surface area contributed by atoms with Crippen LogP contribution < -0.4 is 0 Å². The van der Waals surface area contributed by atoms with E-state index in [1.807, 2.05) is 0 Å². The minimum absolute atomic E-state index is 0.0523. The molecule has 1 fully saturated rings. The van der Waals surface area contributed by atoms with Crippen LogP contribution in [0.3, 0.4) is 0 Å². The molecule has 1 aliphatic carbocycles. The lowest BCUT2D eigenvalue weighted by atomic mass is 9.80. The molecule has 1 aliphatic heterocycles. The van der Waals surface area contributed by atoms with E-state index in [9.17, 15) is 14.4 Å². The first-order valence-electron chi connectivity index (χ1n) is 7.46. The summed E-state index contributed by atoms with van der Waals surface area (Å²) in [4.78, 5) is 38.3. The Bertz CT molecular complexity index is 530. The SMILES string of the molecule is CC(=O)OCC1C[C@H]2OC(C)=NC2C(OC(C)=O)[C@H]1OC(C)=O. The van der Waals surface area contributed by atoms with Gasteiger partial charge in [0, 0.05) is 33.6 Å². The zero-order valence-electron chi connectivity index (χ0n) is 13.6. The molecule has 5 atom stereocenters. The van der Waals surface area contributed by atoms with Crippen LogP contribution in [0.2, 0.25) is 0 Å². The highest BCUT2D eigenvalue weighted by molar-refractivity contribution is 5.75. The van der Waals surface area contributed by atoms with E-state index >= 15 is 0 Å². The predicted molar refractivity (Wildman–Crippen MR) is 77.6 cm³/mol. The van der Waals surface area contributed by atoms with Crippen LogP contribution in [0.25, 0.3) is 0 Å². The zero-order chi connectivity index (χ0) is 17.1. The van der Waals surface area contributed by atoms with E-state index in [1.165, 1.54) is 20.8 Å². The molecule has 2 aliphatic rings. The van der Waals surface area contributed by atoms with Gasteiger partial charge in [-0.2, -0.15) is 0 Å². The van der Waals surface area contributed by atoms with Gasteiger partial charge in [-0.25, -0.2) is 4.99 Å². The lowest BCUT2D eigenvalue weighted by Gasteiger charge is -2.40. The molecule has 128 valence electrons. The second-order valence-electron chi connectivity index (χ2n) is 5.74. The van der Waals surface area contributed by atoms with Crippen molar-refractivity contribution < 1.29 is 33.3 Å². The van der Waals surface area contributed by atoms with Gasteiger partial charge < -0.3 is 18.9 Å². The fraction of sp³-hybridized carbons (Fsp3) is 0.733. The van der Waals surface area contributed by atoms with Crippen molar-refractivity contribution in [1.29, 1.82) is 0 Å². The Balaban J connectivity index is 2.26. The van der Waals surface area contributed by atoms with Gasteiger partial charge in [0.2, 0.25) is 0 Å². The highest BCUT2D eigenvalue weighted by atomic mass is 16.6. The summed E-state index contributed by atoms with van der Waals surface area (Å²) in [7, 11) is 0. The van der Waals surface area contributed by atoms with E-state index in [2.05, 4.69) is 4.99 Å². The third-order valence-corrected chi connectivity index (χ3v) is 3.80. The first-order valence-corrected chi connectivity index (χ1v) is 7.46. The summed E-state index contributed by atoms with van der Waals surface area (Å²) in [5.41, 5.74) is 0. The van der Waals surface area contributed by atoms with Crippen molar-refractivity contribution in [3.63, 3.8) is 0 Å². The van der Waals surface area contributed by atoms with Gasteiger partial charge in [0.25, 0.3) is 0 Å². The summed E-state index contributed by atoms with van der Waals surface area (Å²) in [6.45, 7) is 5.62. The average Bonchev–Trinajstić information content (AvgIpc) is 2.78. The van der Waals surface area contributed by atoms with Gasteiger partial charge in [-0.05, 0) is 6.42 Å². The first kappa shape index (κ1) is 17.2. The number of carbonyl (C=O) groups excluding carboxylic acids is 3. The van der Waals surface area contributed by atoms with Crippen LogP contribution in [-0.4, -0.2) is 54.8 Å². The Morgan fingerprint density at radius 1 is 1.09 bits per heavy atom. The summed E-state index contributed by atoms with van der Waals surface area (Å²) in [5.74, 6) is -1.28. The van der Waals surface area contributed by atoms with E-state index in [1.54, 1.807) is 6.92 Å². The number of esters is 3. The molecule has 0 amide bonds. The van der Waals surface area contributed by atoms with Crippen molar-refractivity contribution >= 4 is 23.8 Å². The van der Waals surface area contributed by atoms with Crippen molar-refractivity contribution in [2.75, 3.05) is 6.61 Å². The van der Waals surface area contributed by atoms with Crippen LogP contribution in [0, 0.1) is 5.92 Å². The van der Waals surface area contributed by atoms with Crippen molar-refractivity contribution in [1.82, 2.24) is 0 Å². The molecule has 23 heavy (non-hydrogen) atoms. The largest absolute Gasteiger partial charge is 0.476 e. The highest BCUT2D eigenvalue weighted by Gasteiger charge is 2.52. The zero-order valence-corrected chi connectivity index (χ0v) is 13.6.